The molecule has 0 aromatic carbocycles. The van der Waals surface area contributed by atoms with Crippen LogP contribution in [0.2, 0.25) is 0 Å². The van der Waals surface area contributed by atoms with E-state index >= 15 is 0 Å². The number of hydrogen-bond acceptors (Lipinski definition) is 4. The second-order valence-corrected chi connectivity index (χ2v) is 11.0. The van der Waals surface area contributed by atoms with Crippen molar-refractivity contribution in [1.82, 2.24) is 14.4 Å². The maximum Gasteiger partial charge on any atom is 0.302 e. The van der Waals surface area contributed by atoms with Gasteiger partial charge in [0.25, 0.3) is 0 Å². The maximum absolute atomic E-state index is 11.5. The Hall–Kier alpha value is -2.43. The fourth-order valence-corrected chi connectivity index (χ4v) is 7.95. The number of aromatic nitrogens is 3. The van der Waals surface area contributed by atoms with Crippen LogP contribution in [0.1, 0.15) is 71.4 Å². The number of rotatable bonds is 2. The van der Waals surface area contributed by atoms with Crippen molar-refractivity contribution in [3.63, 3.8) is 0 Å². The van der Waals surface area contributed by atoms with Gasteiger partial charge in [-0.1, -0.05) is 31.6 Å². The van der Waals surface area contributed by atoms with Gasteiger partial charge in [0.2, 0.25) is 5.78 Å². The van der Waals surface area contributed by atoms with Gasteiger partial charge in [0, 0.05) is 25.7 Å². The number of nitrogens with zero attached hydrogens (tertiary/aromatic N) is 3. The molecule has 2 saturated carbocycles. The summed E-state index contributed by atoms with van der Waals surface area (Å²) >= 11 is 0. The van der Waals surface area contributed by atoms with E-state index in [0.29, 0.717) is 5.92 Å². The zero-order valence-corrected chi connectivity index (χ0v) is 19.4. The molecule has 2 aromatic heterocycles. The molecule has 5 heteroatoms. The minimum absolute atomic E-state index is 0.0701. The Labute approximate surface area is 190 Å². The average molecular weight is 432 g/mol. The van der Waals surface area contributed by atoms with Crippen molar-refractivity contribution in [3.05, 3.63) is 48.1 Å². The minimum atomic E-state index is -0.145. The largest absolute Gasteiger partial charge is 0.462 e. The van der Waals surface area contributed by atoms with Crippen LogP contribution in [0.5, 0.6) is 0 Å². The molecule has 0 amide bonds. The van der Waals surface area contributed by atoms with Crippen molar-refractivity contribution in [1.29, 1.82) is 0 Å². The first-order valence-electron chi connectivity index (χ1n) is 12.3. The van der Waals surface area contributed by atoms with Gasteiger partial charge in [0.1, 0.15) is 6.10 Å². The normalized spacial score (nSPS) is 38.3. The highest BCUT2D eigenvalue weighted by Gasteiger charge is 2.57. The number of esters is 1. The van der Waals surface area contributed by atoms with Crippen LogP contribution in [-0.2, 0) is 9.53 Å². The molecule has 2 fully saturated rings. The highest BCUT2D eigenvalue weighted by molar-refractivity contribution is 5.72. The first-order chi connectivity index (χ1) is 15.4. The molecule has 0 bridgehead atoms. The van der Waals surface area contributed by atoms with Gasteiger partial charge in [-0.05, 0) is 78.7 Å². The Morgan fingerprint density at radius 1 is 1.09 bits per heavy atom. The predicted molar refractivity (Wildman–Crippen MR) is 124 cm³/mol. The van der Waals surface area contributed by atoms with Gasteiger partial charge in [-0.25, -0.2) is 9.97 Å². The molecule has 0 unspecified atom stereocenters. The molecule has 32 heavy (non-hydrogen) atoms. The number of allylic oxidation sites excluding steroid dienone is 3. The Balaban J connectivity index is 1.30. The summed E-state index contributed by atoms with van der Waals surface area (Å²) in [6.45, 7) is 6.54. The molecule has 0 aliphatic heterocycles. The number of hydrogen-bond donors (Lipinski definition) is 0. The Morgan fingerprint density at radius 3 is 2.78 bits per heavy atom. The minimum Gasteiger partial charge on any atom is -0.462 e. The molecule has 4 aliphatic rings. The van der Waals surface area contributed by atoms with Gasteiger partial charge in [0.05, 0.1) is 11.9 Å². The maximum atomic E-state index is 11.5. The van der Waals surface area contributed by atoms with E-state index in [-0.39, 0.29) is 22.9 Å². The molecular formula is C27H33N3O2. The topological polar surface area (TPSA) is 56.5 Å². The Kier molecular flexibility index (Phi) is 4.44. The third-order valence-corrected chi connectivity index (χ3v) is 9.54. The lowest BCUT2D eigenvalue weighted by Gasteiger charge is -2.57. The number of carbonyl (C=O) groups is 1. The van der Waals surface area contributed by atoms with Crippen LogP contribution in [0.4, 0.5) is 0 Å². The fraction of sp³-hybridized carbons (Fsp3) is 0.593. The van der Waals surface area contributed by atoms with E-state index in [1.54, 1.807) is 5.57 Å². The van der Waals surface area contributed by atoms with Gasteiger partial charge < -0.3 is 4.74 Å². The lowest BCUT2D eigenvalue weighted by atomic mass is 9.47. The predicted octanol–water partition coefficient (Wildman–Crippen LogP) is 5.62. The molecule has 0 spiro atoms. The summed E-state index contributed by atoms with van der Waals surface area (Å²) in [7, 11) is 0. The van der Waals surface area contributed by atoms with Crippen molar-refractivity contribution in [3.8, 4) is 0 Å². The summed E-state index contributed by atoms with van der Waals surface area (Å²) in [6.07, 6.45) is 18.9. The second kappa shape index (κ2) is 7.03. The van der Waals surface area contributed by atoms with Crippen LogP contribution >= 0.6 is 0 Å². The van der Waals surface area contributed by atoms with E-state index in [4.69, 9.17) is 4.74 Å². The van der Waals surface area contributed by atoms with E-state index in [1.807, 2.05) is 18.5 Å². The molecule has 2 aromatic rings. The van der Waals surface area contributed by atoms with Crippen LogP contribution in [0.25, 0.3) is 11.4 Å². The van der Waals surface area contributed by atoms with Crippen LogP contribution in [0, 0.1) is 28.6 Å². The molecule has 6 rings (SSSR count). The van der Waals surface area contributed by atoms with Crippen LogP contribution < -0.4 is 0 Å². The summed E-state index contributed by atoms with van der Waals surface area (Å²) < 4.78 is 7.75. The lowest BCUT2D eigenvalue weighted by Crippen LogP contribution is -2.50. The number of fused-ring (bicyclic) bond motifs is 6. The summed E-state index contributed by atoms with van der Waals surface area (Å²) in [6, 6.07) is 1.99. The zero-order chi connectivity index (χ0) is 22.1. The van der Waals surface area contributed by atoms with Crippen molar-refractivity contribution in [2.75, 3.05) is 0 Å². The van der Waals surface area contributed by atoms with Crippen molar-refractivity contribution >= 4 is 17.3 Å². The molecule has 4 aliphatic carbocycles. The summed E-state index contributed by atoms with van der Waals surface area (Å²) in [5.41, 5.74) is 4.70. The smallest absolute Gasteiger partial charge is 0.302 e. The highest BCUT2D eigenvalue weighted by Crippen LogP contribution is 2.66. The van der Waals surface area contributed by atoms with E-state index < -0.39 is 0 Å². The highest BCUT2D eigenvalue weighted by atomic mass is 16.5. The molecule has 0 N–H and O–H groups in total. The van der Waals surface area contributed by atoms with E-state index in [1.165, 1.54) is 37.5 Å². The second-order valence-electron chi connectivity index (χ2n) is 11.0. The van der Waals surface area contributed by atoms with Gasteiger partial charge >= 0.3 is 5.97 Å². The Morgan fingerprint density at radius 2 is 1.94 bits per heavy atom. The fourth-order valence-electron chi connectivity index (χ4n) is 7.95. The van der Waals surface area contributed by atoms with E-state index in [9.17, 15) is 4.79 Å². The zero-order valence-electron chi connectivity index (χ0n) is 19.4. The number of imidazole rings is 1. The quantitative estimate of drug-likeness (QED) is 0.458. The van der Waals surface area contributed by atoms with E-state index in [2.05, 4.69) is 46.6 Å². The average Bonchev–Trinajstić information content (AvgIpc) is 3.34. The SMILES string of the molecule is CC(=O)O[C@H]1CC[C@@]2(C)C(=CC[C@@H]3[C@@H]2CC[C@]2(C)C(c4cnc5ncccn45)=CC[C@@H]32)C1. The van der Waals surface area contributed by atoms with Crippen LogP contribution in [0.3, 0.4) is 0 Å². The number of ether oxygens (including phenoxy) is 1. The standard InChI is InChI=1S/C27H33N3O2/c1-17(31)32-19-9-11-26(2)18(15-19)5-6-20-21-7-8-23(27(21,3)12-10-22(20)26)24-16-29-25-28-13-4-14-30(24)25/h4-5,8,13-14,16,19-22H,6-7,9-12,15H2,1-3H3/t19-,20-,21-,22-,26-,27-/m0/s1. The van der Waals surface area contributed by atoms with Gasteiger partial charge in [-0.3, -0.25) is 9.20 Å². The van der Waals surface area contributed by atoms with Crippen LogP contribution in [-0.4, -0.2) is 26.4 Å². The molecule has 0 saturated heterocycles. The molecule has 168 valence electrons. The summed E-state index contributed by atoms with van der Waals surface area (Å²) in [5.74, 6) is 2.77. The molecule has 5 nitrogen and oxygen atoms in total. The number of carbonyl (C=O) groups excluding carboxylic acids is 1. The first kappa shape index (κ1) is 20.2. The molecular weight excluding hydrogens is 398 g/mol. The Bertz CT molecular complexity index is 1150. The monoisotopic (exact) mass is 431 g/mol. The van der Waals surface area contributed by atoms with Gasteiger partial charge in [-0.2, -0.15) is 0 Å². The third-order valence-electron chi connectivity index (χ3n) is 9.54. The first-order valence-corrected chi connectivity index (χ1v) is 12.3. The van der Waals surface area contributed by atoms with Gasteiger partial charge in [0.15, 0.2) is 0 Å². The molecule has 0 radical (unpaired) electrons. The third kappa shape index (κ3) is 2.79. The van der Waals surface area contributed by atoms with E-state index in [0.717, 1.165) is 43.3 Å². The molecule has 6 atom stereocenters. The summed E-state index contributed by atoms with van der Waals surface area (Å²) in [5, 5.41) is 0. The van der Waals surface area contributed by atoms with Crippen molar-refractivity contribution in [2.24, 2.45) is 28.6 Å². The lowest BCUT2D eigenvalue weighted by molar-refractivity contribution is -0.148. The molecule has 2 heterocycles. The van der Waals surface area contributed by atoms with Crippen molar-refractivity contribution in [2.45, 2.75) is 71.8 Å². The van der Waals surface area contributed by atoms with Gasteiger partial charge in [-0.15, -0.1) is 0 Å². The van der Waals surface area contributed by atoms with Crippen molar-refractivity contribution < 1.29 is 9.53 Å². The summed E-state index contributed by atoms with van der Waals surface area (Å²) in [4.78, 5) is 20.5. The van der Waals surface area contributed by atoms with Crippen LogP contribution in [0.15, 0.2) is 42.4 Å².